The molecule has 5 heteroatoms. The Morgan fingerprint density at radius 2 is 1.95 bits per heavy atom. The topological polar surface area (TPSA) is 58.1 Å². The minimum absolute atomic E-state index is 0.135. The lowest BCUT2D eigenvalue weighted by molar-refractivity contribution is -0.125. The van der Waals surface area contributed by atoms with E-state index in [0.29, 0.717) is 11.2 Å². The highest BCUT2D eigenvalue weighted by molar-refractivity contribution is 7.09. The van der Waals surface area contributed by atoms with Crippen molar-refractivity contribution in [2.24, 2.45) is 10.4 Å². The monoisotopic (exact) mass is 313 g/mol. The van der Waals surface area contributed by atoms with Crippen molar-refractivity contribution in [1.82, 2.24) is 4.57 Å². The van der Waals surface area contributed by atoms with Crippen molar-refractivity contribution in [2.75, 3.05) is 0 Å². The van der Waals surface area contributed by atoms with Crippen molar-refractivity contribution in [3.8, 4) is 11.8 Å². The number of nitriles is 1. The van der Waals surface area contributed by atoms with Gasteiger partial charge in [0.2, 0.25) is 0 Å². The SMILES string of the molecule is Cc1cn(-c2ccc(CC#N)cc2)/c(=N/C(=O)C(C)(C)C)s1. The van der Waals surface area contributed by atoms with Crippen molar-refractivity contribution < 1.29 is 4.79 Å². The van der Waals surface area contributed by atoms with Crippen LogP contribution in [0.4, 0.5) is 0 Å². The molecule has 0 aliphatic carbocycles. The van der Waals surface area contributed by atoms with Gasteiger partial charge in [0.1, 0.15) is 0 Å². The third-order valence-corrected chi connectivity index (χ3v) is 4.00. The van der Waals surface area contributed by atoms with Crippen LogP contribution < -0.4 is 4.80 Å². The molecule has 0 bridgehead atoms. The summed E-state index contributed by atoms with van der Waals surface area (Å²) < 4.78 is 1.92. The first-order valence-corrected chi connectivity index (χ1v) is 7.87. The van der Waals surface area contributed by atoms with Crippen molar-refractivity contribution in [1.29, 1.82) is 5.26 Å². The number of hydrogen-bond donors (Lipinski definition) is 0. The summed E-state index contributed by atoms with van der Waals surface area (Å²) in [6.45, 7) is 7.58. The summed E-state index contributed by atoms with van der Waals surface area (Å²) in [4.78, 5) is 18.2. The van der Waals surface area contributed by atoms with Crippen LogP contribution >= 0.6 is 11.3 Å². The summed E-state index contributed by atoms with van der Waals surface area (Å²) in [5.74, 6) is -0.135. The highest BCUT2D eigenvalue weighted by atomic mass is 32.1. The first-order valence-electron chi connectivity index (χ1n) is 7.06. The molecule has 0 saturated carbocycles. The van der Waals surface area contributed by atoms with Crippen molar-refractivity contribution in [3.05, 3.63) is 45.7 Å². The summed E-state index contributed by atoms with van der Waals surface area (Å²) >= 11 is 1.49. The number of carbonyl (C=O) groups is 1. The normalized spacial score (nSPS) is 12.2. The number of hydrogen-bond acceptors (Lipinski definition) is 3. The Kier molecular flexibility index (Phi) is 4.62. The van der Waals surface area contributed by atoms with E-state index in [9.17, 15) is 4.79 Å². The van der Waals surface area contributed by atoms with Crippen LogP contribution in [0.2, 0.25) is 0 Å². The molecule has 2 rings (SSSR count). The molecule has 1 amide bonds. The fraction of sp³-hybridized carbons (Fsp3) is 0.353. The Balaban J connectivity index is 2.47. The molecule has 2 aromatic rings. The first kappa shape index (κ1) is 16.2. The lowest BCUT2D eigenvalue weighted by Gasteiger charge is -2.11. The van der Waals surface area contributed by atoms with Gasteiger partial charge in [-0.3, -0.25) is 9.36 Å². The Morgan fingerprint density at radius 1 is 1.32 bits per heavy atom. The fourth-order valence-electron chi connectivity index (χ4n) is 1.84. The average molecular weight is 313 g/mol. The van der Waals surface area contributed by atoms with Crippen LogP contribution in [0.25, 0.3) is 5.69 Å². The zero-order valence-corrected chi connectivity index (χ0v) is 14.1. The molecule has 22 heavy (non-hydrogen) atoms. The summed E-state index contributed by atoms with van der Waals surface area (Å²) in [5, 5.41) is 8.72. The van der Waals surface area contributed by atoms with E-state index in [4.69, 9.17) is 5.26 Å². The lowest BCUT2D eigenvalue weighted by atomic mass is 9.96. The number of aromatic nitrogens is 1. The van der Waals surface area contributed by atoms with Gasteiger partial charge in [-0.05, 0) is 24.6 Å². The van der Waals surface area contributed by atoms with E-state index in [2.05, 4.69) is 11.1 Å². The molecule has 0 unspecified atom stereocenters. The Labute approximate surface area is 134 Å². The third-order valence-electron chi connectivity index (χ3n) is 3.11. The average Bonchev–Trinajstić information content (AvgIpc) is 2.80. The highest BCUT2D eigenvalue weighted by Gasteiger charge is 2.20. The zero-order valence-electron chi connectivity index (χ0n) is 13.3. The number of rotatable bonds is 2. The van der Waals surface area contributed by atoms with Crippen molar-refractivity contribution in [3.63, 3.8) is 0 Å². The van der Waals surface area contributed by atoms with Crippen LogP contribution in [0.1, 0.15) is 31.2 Å². The number of aryl methyl sites for hydroxylation is 1. The highest BCUT2D eigenvalue weighted by Crippen LogP contribution is 2.16. The second-order valence-corrected chi connectivity index (χ2v) is 7.38. The van der Waals surface area contributed by atoms with Gasteiger partial charge in [-0.1, -0.05) is 32.9 Å². The number of benzene rings is 1. The van der Waals surface area contributed by atoms with Gasteiger partial charge in [-0.2, -0.15) is 10.3 Å². The maximum absolute atomic E-state index is 12.2. The Hall–Kier alpha value is -2.19. The third kappa shape index (κ3) is 3.71. The Morgan fingerprint density at radius 3 is 2.50 bits per heavy atom. The van der Waals surface area contributed by atoms with Gasteiger partial charge in [-0.15, -0.1) is 11.3 Å². The van der Waals surface area contributed by atoms with E-state index in [1.54, 1.807) is 0 Å². The van der Waals surface area contributed by atoms with Crippen LogP contribution in [0.5, 0.6) is 0 Å². The van der Waals surface area contributed by atoms with E-state index in [-0.39, 0.29) is 5.91 Å². The molecule has 0 radical (unpaired) electrons. The quantitative estimate of drug-likeness (QED) is 0.853. The van der Waals surface area contributed by atoms with Gasteiger partial charge in [-0.25, -0.2) is 0 Å². The maximum atomic E-state index is 12.2. The van der Waals surface area contributed by atoms with Crippen LogP contribution in [0, 0.1) is 23.7 Å². The van der Waals surface area contributed by atoms with Gasteiger partial charge in [0, 0.05) is 22.2 Å². The molecule has 0 fully saturated rings. The number of thiazole rings is 1. The summed E-state index contributed by atoms with van der Waals surface area (Å²) in [6.07, 6.45) is 2.37. The number of nitrogens with zero attached hydrogens (tertiary/aromatic N) is 3. The molecule has 0 saturated heterocycles. The summed E-state index contributed by atoms with van der Waals surface area (Å²) in [5.41, 5.74) is 1.42. The Bertz CT molecular complexity index is 783. The largest absolute Gasteiger partial charge is 0.292 e. The van der Waals surface area contributed by atoms with Gasteiger partial charge in [0.05, 0.1) is 12.5 Å². The second-order valence-electron chi connectivity index (χ2n) is 6.16. The lowest BCUT2D eigenvalue weighted by Crippen LogP contribution is -2.22. The van der Waals surface area contributed by atoms with Gasteiger partial charge >= 0.3 is 0 Å². The van der Waals surface area contributed by atoms with Gasteiger partial charge in [0.15, 0.2) is 4.80 Å². The van der Waals surface area contributed by atoms with Crippen LogP contribution in [0.15, 0.2) is 35.5 Å². The summed E-state index contributed by atoms with van der Waals surface area (Å²) in [7, 11) is 0. The minimum atomic E-state index is -0.494. The van der Waals surface area contributed by atoms with E-state index in [0.717, 1.165) is 16.1 Å². The van der Waals surface area contributed by atoms with E-state index in [1.165, 1.54) is 11.3 Å². The molecular formula is C17H19N3OS. The van der Waals surface area contributed by atoms with Crippen LogP contribution in [-0.2, 0) is 11.2 Å². The van der Waals surface area contributed by atoms with E-state index >= 15 is 0 Å². The predicted molar refractivity (Wildman–Crippen MR) is 87.7 cm³/mol. The molecule has 4 nitrogen and oxygen atoms in total. The maximum Gasteiger partial charge on any atom is 0.253 e. The van der Waals surface area contributed by atoms with Crippen LogP contribution in [-0.4, -0.2) is 10.5 Å². The molecule has 1 heterocycles. The van der Waals surface area contributed by atoms with E-state index < -0.39 is 5.41 Å². The molecule has 0 N–H and O–H groups in total. The molecule has 1 aromatic heterocycles. The number of carbonyl (C=O) groups excluding carboxylic acids is 1. The molecule has 1 aromatic carbocycles. The molecule has 114 valence electrons. The van der Waals surface area contributed by atoms with E-state index in [1.807, 2.05) is 62.7 Å². The van der Waals surface area contributed by atoms with Crippen molar-refractivity contribution in [2.45, 2.75) is 34.1 Å². The molecular weight excluding hydrogens is 294 g/mol. The molecule has 0 spiro atoms. The molecule has 0 aliphatic rings. The zero-order chi connectivity index (χ0) is 16.3. The number of amides is 1. The standard InChI is InChI=1S/C17H19N3OS/c1-12-11-20(14-7-5-13(6-8-14)9-10-18)16(22-12)19-15(21)17(2,3)4/h5-8,11H,9H2,1-4H3/b19-16-. The smallest absolute Gasteiger partial charge is 0.253 e. The molecule has 0 aliphatic heterocycles. The minimum Gasteiger partial charge on any atom is -0.292 e. The first-order chi connectivity index (χ1) is 10.3. The van der Waals surface area contributed by atoms with Gasteiger partial charge in [0.25, 0.3) is 5.91 Å². The molecule has 0 atom stereocenters. The van der Waals surface area contributed by atoms with Crippen molar-refractivity contribution >= 4 is 17.2 Å². The predicted octanol–water partition coefficient (Wildman–Crippen LogP) is 3.39. The second kappa shape index (κ2) is 6.29. The fourth-order valence-corrected chi connectivity index (χ4v) is 2.67. The van der Waals surface area contributed by atoms with Gasteiger partial charge < -0.3 is 0 Å². The van der Waals surface area contributed by atoms with Crippen LogP contribution in [0.3, 0.4) is 0 Å². The summed E-state index contributed by atoms with van der Waals surface area (Å²) in [6, 6.07) is 9.87.